The van der Waals surface area contributed by atoms with Gasteiger partial charge in [0.25, 0.3) is 5.56 Å². The molecule has 1 heterocycles. The number of hydrogen-bond acceptors (Lipinski definition) is 3. The van der Waals surface area contributed by atoms with E-state index in [4.69, 9.17) is 16.3 Å². The fourth-order valence-corrected chi connectivity index (χ4v) is 4.03. The van der Waals surface area contributed by atoms with Crippen LogP contribution in [0.2, 0.25) is 5.02 Å². The second kappa shape index (κ2) is 7.18. The summed E-state index contributed by atoms with van der Waals surface area (Å²) in [6, 6.07) is 18.3. The molecule has 1 saturated carbocycles. The molecule has 5 nitrogen and oxygen atoms in total. The molecule has 30 heavy (non-hydrogen) atoms. The Labute approximate surface area is 177 Å². The molecule has 4 aromatic rings. The van der Waals surface area contributed by atoms with Crippen molar-refractivity contribution in [2.24, 2.45) is 0 Å². The van der Waals surface area contributed by atoms with E-state index < -0.39 is 5.69 Å². The molecule has 1 aliphatic rings. The molecule has 0 atom stereocenters. The summed E-state index contributed by atoms with van der Waals surface area (Å²) in [5, 5.41) is 0.997. The van der Waals surface area contributed by atoms with E-state index in [0.29, 0.717) is 33.3 Å². The second-order valence-electron chi connectivity index (χ2n) is 7.55. The molecule has 0 radical (unpaired) electrons. The van der Waals surface area contributed by atoms with Crippen LogP contribution in [0.25, 0.3) is 27.7 Å². The topological polar surface area (TPSA) is 64.1 Å². The molecule has 0 unspecified atom stereocenters. The molecule has 1 fully saturated rings. The lowest BCUT2D eigenvalue weighted by atomic mass is 10.0. The van der Waals surface area contributed by atoms with Gasteiger partial charge in [-0.3, -0.25) is 4.79 Å². The average Bonchev–Trinajstić information content (AvgIpc) is 3.59. The standard InChI is InChI=1S/C24H19ClN2O3/c1-30-18-8-10-21(25)20(13-18)16-7-9-19-22(12-16)26-24(29)27(23(19)28)17-4-2-3-15(11-17)14-5-6-14/h2-4,7-14H,5-6H2,1H3,(H,26,29). The van der Waals surface area contributed by atoms with Crippen molar-refractivity contribution in [2.75, 3.05) is 7.11 Å². The van der Waals surface area contributed by atoms with E-state index >= 15 is 0 Å². The van der Waals surface area contributed by atoms with E-state index in [9.17, 15) is 9.59 Å². The van der Waals surface area contributed by atoms with Crippen molar-refractivity contribution in [3.8, 4) is 22.6 Å². The molecule has 1 N–H and O–H groups in total. The van der Waals surface area contributed by atoms with E-state index in [2.05, 4.69) is 4.98 Å². The molecule has 0 spiro atoms. The predicted molar refractivity (Wildman–Crippen MR) is 119 cm³/mol. The first-order valence-corrected chi connectivity index (χ1v) is 10.2. The van der Waals surface area contributed by atoms with E-state index in [1.807, 2.05) is 30.3 Å². The number of benzene rings is 3. The summed E-state index contributed by atoms with van der Waals surface area (Å²) in [4.78, 5) is 28.8. The van der Waals surface area contributed by atoms with Crippen molar-refractivity contribution in [3.05, 3.63) is 92.1 Å². The van der Waals surface area contributed by atoms with Crippen molar-refractivity contribution in [1.29, 1.82) is 0 Å². The summed E-state index contributed by atoms with van der Waals surface area (Å²) in [5.41, 5.74) is 2.97. The number of halogens is 1. The van der Waals surface area contributed by atoms with Gasteiger partial charge in [-0.15, -0.1) is 0 Å². The van der Waals surface area contributed by atoms with Gasteiger partial charge in [0.15, 0.2) is 0 Å². The zero-order chi connectivity index (χ0) is 20.8. The highest BCUT2D eigenvalue weighted by Crippen LogP contribution is 2.40. The van der Waals surface area contributed by atoms with Crippen molar-refractivity contribution >= 4 is 22.5 Å². The Morgan fingerprint density at radius 2 is 1.87 bits per heavy atom. The summed E-state index contributed by atoms with van der Waals surface area (Å²) in [7, 11) is 1.59. The fourth-order valence-electron chi connectivity index (χ4n) is 3.81. The maximum atomic E-state index is 13.2. The van der Waals surface area contributed by atoms with Crippen LogP contribution < -0.4 is 16.0 Å². The number of fused-ring (bicyclic) bond motifs is 1. The smallest absolute Gasteiger partial charge is 0.333 e. The summed E-state index contributed by atoms with van der Waals surface area (Å²) >= 11 is 6.36. The minimum atomic E-state index is -0.464. The summed E-state index contributed by atoms with van der Waals surface area (Å²) in [6.45, 7) is 0. The van der Waals surface area contributed by atoms with Gasteiger partial charge in [-0.05, 0) is 72.4 Å². The molecule has 5 rings (SSSR count). The van der Waals surface area contributed by atoms with E-state index in [0.717, 1.165) is 24.0 Å². The average molecular weight is 419 g/mol. The summed E-state index contributed by atoms with van der Waals surface area (Å²) in [5.74, 6) is 1.21. The number of H-pyrrole nitrogens is 1. The van der Waals surface area contributed by atoms with Crippen molar-refractivity contribution < 1.29 is 4.74 Å². The molecule has 6 heteroatoms. The third kappa shape index (κ3) is 3.21. The van der Waals surface area contributed by atoms with Crippen LogP contribution in [0.5, 0.6) is 5.75 Å². The Kier molecular flexibility index (Phi) is 4.48. The number of aromatic amines is 1. The maximum Gasteiger partial charge on any atom is 0.333 e. The fraction of sp³-hybridized carbons (Fsp3) is 0.167. The minimum Gasteiger partial charge on any atom is -0.497 e. The Balaban J connectivity index is 1.66. The van der Waals surface area contributed by atoms with Crippen molar-refractivity contribution in [2.45, 2.75) is 18.8 Å². The number of nitrogens with one attached hydrogen (secondary N) is 1. The lowest BCUT2D eigenvalue weighted by molar-refractivity contribution is 0.415. The second-order valence-corrected chi connectivity index (χ2v) is 7.95. The highest BCUT2D eigenvalue weighted by molar-refractivity contribution is 6.33. The molecule has 0 amide bonds. The van der Waals surface area contributed by atoms with Gasteiger partial charge in [0.05, 0.1) is 23.7 Å². The predicted octanol–water partition coefficient (Wildman–Crippen LogP) is 4.89. The van der Waals surface area contributed by atoms with Crippen LogP contribution in [0.1, 0.15) is 24.3 Å². The van der Waals surface area contributed by atoms with E-state index in [-0.39, 0.29) is 5.56 Å². The van der Waals surface area contributed by atoms with Gasteiger partial charge in [0.1, 0.15) is 5.75 Å². The van der Waals surface area contributed by atoms with Crippen LogP contribution in [0, 0.1) is 0 Å². The van der Waals surface area contributed by atoms with Gasteiger partial charge in [0, 0.05) is 10.6 Å². The number of ether oxygens (including phenoxy) is 1. The molecule has 0 bridgehead atoms. The van der Waals surface area contributed by atoms with Gasteiger partial charge < -0.3 is 9.72 Å². The number of aromatic nitrogens is 2. The molecular formula is C24H19ClN2O3. The molecule has 1 aliphatic carbocycles. The van der Waals surface area contributed by atoms with Crippen LogP contribution in [0.3, 0.4) is 0 Å². The number of nitrogens with zero attached hydrogens (tertiary/aromatic N) is 1. The molecule has 3 aromatic carbocycles. The number of hydrogen-bond donors (Lipinski definition) is 1. The zero-order valence-corrected chi connectivity index (χ0v) is 17.1. The Morgan fingerprint density at radius 1 is 1.03 bits per heavy atom. The van der Waals surface area contributed by atoms with Crippen LogP contribution in [0.4, 0.5) is 0 Å². The third-order valence-electron chi connectivity index (χ3n) is 5.56. The van der Waals surface area contributed by atoms with Crippen LogP contribution in [0.15, 0.2) is 70.3 Å². The lowest BCUT2D eigenvalue weighted by Crippen LogP contribution is -2.33. The molecule has 0 saturated heterocycles. The first kappa shape index (κ1) is 18.7. The molecule has 150 valence electrons. The van der Waals surface area contributed by atoms with Gasteiger partial charge in [0.2, 0.25) is 0 Å². The monoisotopic (exact) mass is 418 g/mol. The van der Waals surface area contributed by atoms with Crippen LogP contribution in [-0.4, -0.2) is 16.7 Å². The lowest BCUT2D eigenvalue weighted by Gasteiger charge is -2.11. The third-order valence-corrected chi connectivity index (χ3v) is 5.89. The van der Waals surface area contributed by atoms with Gasteiger partial charge in [-0.2, -0.15) is 0 Å². The number of methoxy groups -OCH3 is 1. The van der Waals surface area contributed by atoms with Crippen molar-refractivity contribution in [3.63, 3.8) is 0 Å². The molecule has 0 aliphatic heterocycles. The van der Waals surface area contributed by atoms with Gasteiger partial charge in [-0.25, -0.2) is 9.36 Å². The van der Waals surface area contributed by atoms with Crippen LogP contribution >= 0.6 is 11.6 Å². The Bertz CT molecular complexity index is 1400. The normalized spacial score (nSPS) is 13.5. The van der Waals surface area contributed by atoms with Gasteiger partial charge >= 0.3 is 5.69 Å². The first-order valence-electron chi connectivity index (χ1n) is 9.78. The Morgan fingerprint density at radius 3 is 2.63 bits per heavy atom. The van der Waals surface area contributed by atoms with E-state index in [1.54, 1.807) is 37.4 Å². The van der Waals surface area contributed by atoms with Gasteiger partial charge in [-0.1, -0.05) is 29.8 Å². The first-order chi connectivity index (χ1) is 14.5. The Hall–Kier alpha value is -3.31. The molecular weight excluding hydrogens is 400 g/mol. The van der Waals surface area contributed by atoms with Crippen LogP contribution in [-0.2, 0) is 0 Å². The maximum absolute atomic E-state index is 13.2. The largest absolute Gasteiger partial charge is 0.497 e. The SMILES string of the molecule is COc1ccc(Cl)c(-c2ccc3c(=O)n(-c4cccc(C5CC5)c4)c(=O)[nH]c3c2)c1. The quantitative estimate of drug-likeness (QED) is 0.513. The molecule has 1 aromatic heterocycles. The zero-order valence-electron chi connectivity index (χ0n) is 16.3. The highest BCUT2D eigenvalue weighted by atomic mass is 35.5. The van der Waals surface area contributed by atoms with Crippen molar-refractivity contribution in [1.82, 2.24) is 9.55 Å². The summed E-state index contributed by atoms with van der Waals surface area (Å²) < 4.78 is 6.48. The minimum absolute atomic E-state index is 0.343. The van der Waals surface area contributed by atoms with E-state index in [1.165, 1.54) is 10.1 Å². The summed E-state index contributed by atoms with van der Waals surface area (Å²) in [6.07, 6.45) is 2.31. The number of rotatable bonds is 4. The highest BCUT2D eigenvalue weighted by Gasteiger charge is 2.24.